The summed E-state index contributed by atoms with van der Waals surface area (Å²) in [7, 11) is 1.55. The van der Waals surface area contributed by atoms with E-state index >= 15 is 0 Å². The molecule has 8 heteroatoms. The second-order valence-electron chi connectivity index (χ2n) is 6.89. The maximum Gasteiger partial charge on any atom is 0.175 e. The molecule has 0 bridgehead atoms. The van der Waals surface area contributed by atoms with Crippen LogP contribution in [0, 0.1) is 12.7 Å². The largest absolute Gasteiger partial charge is 0.493 e. The van der Waals surface area contributed by atoms with Crippen molar-refractivity contribution in [3.63, 3.8) is 0 Å². The van der Waals surface area contributed by atoms with Crippen molar-refractivity contribution in [3.05, 3.63) is 48.0 Å². The van der Waals surface area contributed by atoms with Gasteiger partial charge in [0.15, 0.2) is 28.8 Å². The lowest BCUT2D eigenvalue weighted by molar-refractivity contribution is 0.252. The van der Waals surface area contributed by atoms with E-state index in [0.29, 0.717) is 52.3 Å². The summed E-state index contributed by atoms with van der Waals surface area (Å²) in [5.74, 6) is 1.10. The number of aromatic nitrogens is 3. The Labute approximate surface area is 165 Å². The van der Waals surface area contributed by atoms with Gasteiger partial charge in [0, 0.05) is 22.7 Å². The molecule has 0 aliphatic carbocycles. The summed E-state index contributed by atoms with van der Waals surface area (Å²) in [6.45, 7) is 3.01. The quantitative estimate of drug-likeness (QED) is 0.494. The summed E-state index contributed by atoms with van der Waals surface area (Å²) in [6.07, 6.45) is 1.57. The highest BCUT2D eigenvalue weighted by Crippen LogP contribution is 2.38. The number of aromatic amines is 1. The summed E-state index contributed by atoms with van der Waals surface area (Å²) in [4.78, 5) is 3.11. The van der Waals surface area contributed by atoms with E-state index in [1.54, 1.807) is 37.4 Å². The molecule has 1 atom stereocenters. The Bertz CT molecular complexity index is 1220. The minimum absolute atomic E-state index is 0.107. The van der Waals surface area contributed by atoms with Gasteiger partial charge in [0.25, 0.3) is 0 Å². The van der Waals surface area contributed by atoms with Gasteiger partial charge in [-0.05, 0) is 31.2 Å². The lowest BCUT2D eigenvalue weighted by Gasteiger charge is -2.13. The maximum absolute atomic E-state index is 14.9. The van der Waals surface area contributed by atoms with Crippen LogP contribution in [0.1, 0.15) is 5.69 Å². The Morgan fingerprint density at radius 2 is 2.00 bits per heavy atom. The third-order valence-corrected chi connectivity index (χ3v) is 4.77. The lowest BCUT2D eigenvalue weighted by atomic mass is 10.2. The van der Waals surface area contributed by atoms with Crippen LogP contribution in [-0.2, 0) is 4.74 Å². The zero-order chi connectivity index (χ0) is 20.0. The molecule has 0 saturated carbocycles. The fraction of sp³-hybridized carbons (Fsp3) is 0.238. The van der Waals surface area contributed by atoms with Gasteiger partial charge in [0.1, 0.15) is 18.2 Å². The van der Waals surface area contributed by atoms with Crippen molar-refractivity contribution in [2.24, 2.45) is 0 Å². The van der Waals surface area contributed by atoms with Gasteiger partial charge in [0.2, 0.25) is 0 Å². The van der Waals surface area contributed by atoms with Crippen molar-refractivity contribution in [2.75, 3.05) is 20.3 Å². The van der Waals surface area contributed by atoms with Crippen LogP contribution in [0.5, 0.6) is 23.0 Å². The second-order valence-corrected chi connectivity index (χ2v) is 6.89. The lowest BCUT2D eigenvalue weighted by Crippen LogP contribution is -2.05. The topological polar surface area (TPSA) is 81.8 Å². The fourth-order valence-electron chi connectivity index (χ4n) is 3.23. The number of hydrogen-bond acceptors (Lipinski definition) is 6. The van der Waals surface area contributed by atoms with E-state index in [1.165, 1.54) is 6.20 Å². The number of methoxy groups -OCH3 is 1. The summed E-state index contributed by atoms with van der Waals surface area (Å²) < 4.78 is 37.2. The van der Waals surface area contributed by atoms with Crippen LogP contribution >= 0.6 is 0 Å². The van der Waals surface area contributed by atoms with Gasteiger partial charge >= 0.3 is 0 Å². The second kappa shape index (κ2) is 6.89. The molecule has 29 heavy (non-hydrogen) atoms. The van der Waals surface area contributed by atoms with Gasteiger partial charge < -0.3 is 23.9 Å². The molecule has 5 rings (SSSR count). The Hall–Kier alpha value is -3.39. The molecule has 3 heterocycles. The first kappa shape index (κ1) is 17.7. The predicted octanol–water partition coefficient (Wildman–Crippen LogP) is 4.14. The first-order chi connectivity index (χ1) is 14.1. The number of rotatable bonds is 6. The van der Waals surface area contributed by atoms with Crippen molar-refractivity contribution < 1.29 is 23.3 Å². The van der Waals surface area contributed by atoms with Gasteiger partial charge in [-0.2, -0.15) is 10.2 Å². The highest BCUT2D eigenvalue weighted by Gasteiger charge is 2.24. The summed E-state index contributed by atoms with van der Waals surface area (Å²) >= 11 is 0. The third kappa shape index (κ3) is 3.31. The molecule has 1 aliphatic rings. The highest BCUT2D eigenvalue weighted by molar-refractivity contribution is 5.88. The van der Waals surface area contributed by atoms with Crippen molar-refractivity contribution in [3.8, 4) is 23.0 Å². The van der Waals surface area contributed by atoms with Crippen LogP contribution in [0.15, 0.2) is 36.5 Å². The summed E-state index contributed by atoms with van der Waals surface area (Å²) in [5, 5.41) is 9.24. The number of fused-ring (bicyclic) bond motifs is 2. The molecule has 0 spiro atoms. The zero-order valence-corrected chi connectivity index (χ0v) is 15.9. The number of nitrogens with zero attached hydrogens (tertiary/aromatic N) is 2. The first-order valence-electron chi connectivity index (χ1n) is 9.16. The van der Waals surface area contributed by atoms with E-state index in [0.717, 1.165) is 5.69 Å². The average Bonchev–Trinajstić information content (AvgIpc) is 3.47. The number of ether oxygens (including phenoxy) is 4. The van der Waals surface area contributed by atoms with Crippen molar-refractivity contribution >= 4 is 21.8 Å². The van der Waals surface area contributed by atoms with Gasteiger partial charge in [-0.1, -0.05) is 0 Å². The maximum atomic E-state index is 14.9. The molecule has 1 unspecified atom stereocenters. The molecule has 0 radical (unpaired) electrons. The van der Waals surface area contributed by atoms with Crippen molar-refractivity contribution in [1.29, 1.82) is 0 Å². The average molecular weight is 395 g/mol. The molecule has 0 amide bonds. The zero-order valence-electron chi connectivity index (χ0n) is 15.9. The van der Waals surface area contributed by atoms with Crippen molar-refractivity contribution in [2.45, 2.75) is 13.0 Å². The summed E-state index contributed by atoms with van der Waals surface area (Å²) in [5.41, 5.74) is 2.14. The molecular formula is C21H18FN3O4. The molecule has 1 aliphatic heterocycles. The number of epoxide rings is 1. The van der Waals surface area contributed by atoms with E-state index in [1.807, 2.05) is 6.92 Å². The van der Waals surface area contributed by atoms with Gasteiger partial charge in [0.05, 0.1) is 25.3 Å². The van der Waals surface area contributed by atoms with Crippen LogP contribution in [0.3, 0.4) is 0 Å². The van der Waals surface area contributed by atoms with E-state index in [2.05, 4.69) is 15.2 Å². The Kier molecular flexibility index (Phi) is 4.21. The molecule has 7 nitrogen and oxygen atoms in total. The monoisotopic (exact) mass is 395 g/mol. The number of H-pyrrole nitrogens is 1. The molecule has 2 aromatic carbocycles. The van der Waals surface area contributed by atoms with Crippen LogP contribution in [0.25, 0.3) is 21.8 Å². The fourth-order valence-corrected chi connectivity index (χ4v) is 3.23. The van der Waals surface area contributed by atoms with Crippen LogP contribution < -0.4 is 14.2 Å². The van der Waals surface area contributed by atoms with E-state index in [-0.39, 0.29) is 11.9 Å². The van der Waals surface area contributed by atoms with Crippen molar-refractivity contribution in [1.82, 2.24) is 15.2 Å². The molecule has 148 valence electrons. The molecule has 4 aromatic rings. The van der Waals surface area contributed by atoms with E-state index < -0.39 is 5.82 Å². The molecule has 1 fully saturated rings. The SMILES string of the molecule is COc1cc2c(Oc3ccc4[nH]c(C)cc4c3F)cnnc2cc1OCC1CO1. The normalized spacial score (nSPS) is 15.6. The molecule has 1 N–H and O–H groups in total. The number of halogens is 1. The number of hydrogen-bond donors (Lipinski definition) is 1. The van der Waals surface area contributed by atoms with Gasteiger partial charge in [-0.25, -0.2) is 4.39 Å². The first-order valence-corrected chi connectivity index (χ1v) is 9.16. The van der Waals surface area contributed by atoms with Gasteiger partial charge in [-0.3, -0.25) is 0 Å². The number of nitrogens with one attached hydrogen (secondary N) is 1. The number of aryl methyl sites for hydroxylation is 1. The molecule has 1 saturated heterocycles. The van der Waals surface area contributed by atoms with E-state index in [9.17, 15) is 4.39 Å². The molecule has 2 aromatic heterocycles. The van der Waals surface area contributed by atoms with Crippen LogP contribution in [0.2, 0.25) is 0 Å². The third-order valence-electron chi connectivity index (χ3n) is 4.77. The Morgan fingerprint density at radius 3 is 2.79 bits per heavy atom. The smallest absolute Gasteiger partial charge is 0.175 e. The summed E-state index contributed by atoms with van der Waals surface area (Å²) in [6, 6.07) is 8.59. The van der Waals surface area contributed by atoms with Crippen LogP contribution in [0.4, 0.5) is 4.39 Å². The Balaban J connectivity index is 1.53. The standard InChI is InChI=1S/C21H18FN3O4/c1-11-5-14-15(24-11)3-4-17(21(14)22)29-20-8-23-25-16-7-19(28-10-12-9-27-12)18(26-2)6-13(16)20/h3-8,12,24H,9-10H2,1-2H3. The highest BCUT2D eigenvalue weighted by atomic mass is 19.1. The molecular weight excluding hydrogens is 377 g/mol. The van der Waals surface area contributed by atoms with Gasteiger partial charge in [-0.15, -0.1) is 0 Å². The van der Waals surface area contributed by atoms with E-state index in [4.69, 9.17) is 18.9 Å². The van der Waals surface area contributed by atoms with Crippen LogP contribution in [-0.4, -0.2) is 41.6 Å². The number of benzene rings is 2. The minimum atomic E-state index is -0.437. The Morgan fingerprint density at radius 1 is 1.14 bits per heavy atom. The minimum Gasteiger partial charge on any atom is -0.493 e. The predicted molar refractivity (Wildman–Crippen MR) is 104 cm³/mol.